The Labute approximate surface area is 169 Å². The lowest BCUT2D eigenvalue weighted by Crippen LogP contribution is -2.42. The first-order chi connectivity index (χ1) is 14.0. The summed E-state index contributed by atoms with van der Waals surface area (Å²) in [7, 11) is 1.49. The van der Waals surface area contributed by atoms with Gasteiger partial charge in [-0.15, -0.1) is 0 Å². The largest absolute Gasteiger partial charge is 0.496 e. The van der Waals surface area contributed by atoms with E-state index in [1.807, 2.05) is 24.3 Å². The topological polar surface area (TPSA) is 82.1 Å². The van der Waals surface area contributed by atoms with Gasteiger partial charge < -0.3 is 19.1 Å². The van der Waals surface area contributed by atoms with E-state index >= 15 is 0 Å². The van der Waals surface area contributed by atoms with E-state index in [1.165, 1.54) is 7.11 Å². The summed E-state index contributed by atoms with van der Waals surface area (Å²) in [6, 6.07) is 11.1. The second-order valence-electron chi connectivity index (χ2n) is 6.88. The summed E-state index contributed by atoms with van der Waals surface area (Å²) in [4.78, 5) is 38.3. The second kappa shape index (κ2) is 9.41. The van der Waals surface area contributed by atoms with E-state index in [0.717, 1.165) is 10.8 Å². The molecule has 1 aliphatic heterocycles. The van der Waals surface area contributed by atoms with E-state index in [2.05, 4.69) is 0 Å². The van der Waals surface area contributed by atoms with Crippen molar-refractivity contribution in [3.63, 3.8) is 0 Å². The highest BCUT2D eigenvalue weighted by atomic mass is 16.5. The van der Waals surface area contributed by atoms with Gasteiger partial charge in [-0.2, -0.15) is 0 Å². The fraction of sp³-hybridized carbons (Fsp3) is 0.409. The SMILES string of the molecule is CCOC(=O)C1CCN(C(=O)COC(=O)c2cc3ccccc3cc2OC)CC1. The van der Waals surface area contributed by atoms with Crippen molar-refractivity contribution in [2.45, 2.75) is 19.8 Å². The zero-order valence-electron chi connectivity index (χ0n) is 16.7. The van der Waals surface area contributed by atoms with Gasteiger partial charge in [0.15, 0.2) is 6.61 Å². The van der Waals surface area contributed by atoms with Crippen LogP contribution < -0.4 is 4.74 Å². The molecule has 0 unspecified atom stereocenters. The van der Waals surface area contributed by atoms with Crippen LogP contribution in [0.2, 0.25) is 0 Å². The lowest BCUT2D eigenvalue weighted by molar-refractivity contribution is -0.151. The molecule has 2 aromatic rings. The normalized spacial score (nSPS) is 14.5. The number of likely N-dealkylation sites (tertiary alicyclic amines) is 1. The molecular weight excluding hydrogens is 374 g/mol. The van der Waals surface area contributed by atoms with Gasteiger partial charge in [0.05, 0.1) is 19.6 Å². The van der Waals surface area contributed by atoms with E-state index in [9.17, 15) is 14.4 Å². The fourth-order valence-electron chi connectivity index (χ4n) is 3.47. The molecule has 29 heavy (non-hydrogen) atoms. The number of hydrogen-bond donors (Lipinski definition) is 0. The molecule has 0 aliphatic carbocycles. The van der Waals surface area contributed by atoms with Crippen molar-refractivity contribution >= 4 is 28.6 Å². The second-order valence-corrected chi connectivity index (χ2v) is 6.88. The summed E-state index contributed by atoms with van der Waals surface area (Å²) in [6.45, 7) is 2.67. The molecule has 0 bridgehead atoms. The minimum Gasteiger partial charge on any atom is -0.496 e. The third-order valence-electron chi connectivity index (χ3n) is 5.08. The van der Waals surface area contributed by atoms with Crippen LogP contribution in [-0.2, 0) is 19.1 Å². The van der Waals surface area contributed by atoms with Gasteiger partial charge in [0, 0.05) is 13.1 Å². The molecule has 2 aromatic carbocycles. The Morgan fingerprint density at radius 2 is 1.69 bits per heavy atom. The number of ether oxygens (including phenoxy) is 3. The number of piperidine rings is 1. The van der Waals surface area contributed by atoms with E-state index in [1.54, 1.807) is 24.0 Å². The van der Waals surface area contributed by atoms with Crippen molar-refractivity contribution in [1.29, 1.82) is 0 Å². The number of fused-ring (bicyclic) bond motifs is 1. The van der Waals surface area contributed by atoms with Gasteiger partial charge in [-0.1, -0.05) is 24.3 Å². The summed E-state index contributed by atoms with van der Waals surface area (Å²) in [5.74, 6) is -0.878. The first-order valence-electron chi connectivity index (χ1n) is 9.71. The van der Waals surface area contributed by atoms with Gasteiger partial charge in [-0.25, -0.2) is 4.79 Å². The predicted molar refractivity (Wildman–Crippen MR) is 107 cm³/mol. The van der Waals surface area contributed by atoms with Crippen LogP contribution in [0.25, 0.3) is 10.8 Å². The monoisotopic (exact) mass is 399 g/mol. The highest BCUT2D eigenvalue weighted by molar-refractivity contribution is 5.99. The van der Waals surface area contributed by atoms with Crippen molar-refractivity contribution in [2.24, 2.45) is 5.92 Å². The predicted octanol–water partition coefficient (Wildman–Crippen LogP) is 2.81. The van der Waals surface area contributed by atoms with Crippen LogP contribution in [0.15, 0.2) is 36.4 Å². The van der Waals surface area contributed by atoms with Crippen LogP contribution in [0, 0.1) is 5.92 Å². The Kier molecular flexibility index (Phi) is 6.69. The molecule has 1 heterocycles. The smallest absolute Gasteiger partial charge is 0.342 e. The van der Waals surface area contributed by atoms with Gasteiger partial charge in [-0.05, 0) is 42.7 Å². The summed E-state index contributed by atoms with van der Waals surface area (Å²) in [5, 5.41) is 1.83. The first kappa shape index (κ1) is 20.6. The van der Waals surface area contributed by atoms with Crippen LogP contribution in [0.3, 0.4) is 0 Å². The molecule has 1 fully saturated rings. The molecule has 0 atom stereocenters. The van der Waals surface area contributed by atoms with Gasteiger partial charge in [-0.3, -0.25) is 9.59 Å². The lowest BCUT2D eigenvalue weighted by atomic mass is 9.97. The molecular formula is C22H25NO6. The Hall–Kier alpha value is -3.09. The van der Waals surface area contributed by atoms with Crippen LogP contribution in [-0.4, -0.2) is 56.2 Å². The number of hydrogen-bond acceptors (Lipinski definition) is 6. The average molecular weight is 399 g/mol. The quantitative estimate of drug-likeness (QED) is 0.695. The Morgan fingerprint density at radius 3 is 2.31 bits per heavy atom. The van der Waals surface area contributed by atoms with Crippen LogP contribution in [0.5, 0.6) is 5.75 Å². The van der Waals surface area contributed by atoms with E-state index in [0.29, 0.717) is 38.3 Å². The molecule has 0 N–H and O–H groups in total. The fourth-order valence-corrected chi connectivity index (χ4v) is 3.47. The van der Waals surface area contributed by atoms with Crippen molar-refractivity contribution in [3.8, 4) is 5.75 Å². The number of esters is 2. The average Bonchev–Trinajstić information content (AvgIpc) is 2.76. The zero-order valence-corrected chi connectivity index (χ0v) is 16.7. The van der Waals surface area contributed by atoms with Crippen molar-refractivity contribution in [1.82, 2.24) is 4.90 Å². The third-order valence-corrected chi connectivity index (χ3v) is 5.08. The molecule has 0 aromatic heterocycles. The van der Waals surface area contributed by atoms with E-state index in [4.69, 9.17) is 14.2 Å². The van der Waals surface area contributed by atoms with Crippen LogP contribution >= 0.6 is 0 Å². The van der Waals surface area contributed by atoms with Gasteiger partial charge in [0.1, 0.15) is 11.3 Å². The molecule has 7 heteroatoms. The zero-order chi connectivity index (χ0) is 20.8. The highest BCUT2D eigenvalue weighted by Gasteiger charge is 2.28. The molecule has 3 rings (SSSR count). The van der Waals surface area contributed by atoms with E-state index < -0.39 is 5.97 Å². The van der Waals surface area contributed by atoms with Gasteiger partial charge >= 0.3 is 11.9 Å². The molecule has 0 saturated carbocycles. The number of methoxy groups -OCH3 is 1. The molecule has 1 amide bonds. The van der Waals surface area contributed by atoms with Gasteiger partial charge in [0.25, 0.3) is 5.91 Å². The number of nitrogens with zero attached hydrogens (tertiary/aromatic N) is 1. The number of rotatable bonds is 6. The standard InChI is InChI=1S/C22H25NO6/c1-3-28-21(25)15-8-10-23(11-9-15)20(24)14-29-22(26)18-12-16-6-4-5-7-17(16)13-19(18)27-2/h4-7,12-13,15H,3,8-11,14H2,1-2H3. The lowest BCUT2D eigenvalue weighted by Gasteiger charge is -2.30. The maximum Gasteiger partial charge on any atom is 0.342 e. The molecule has 154 valence electrons. The third kappa shape index (κ3) is 4.85. The maximum atomic E-state index is 12.5. The van der Waals surface area contributed by atoms with Crippen molar-refractivity contribution in [3.05, 3.63) is 42.0 Å². The minimum absolute atomic E-state index is 0.177. The molecule has 0 spiro atoms. The summed E-state index contributed by atoms with van der Waals surface area (Å²) < 4.78 is 15.6. The summed E-state index contributed by atoms with van der Waals surface area (Å²) >= 11 is 0. The number of amides is 1. The highest BCUT2D eigenvalue weighted by Crippen LogP contribution is 2.26. The maximum absolute atomic E-state index is 12.5. The number of benzene rings is 2. The first-order valence-corrected chi connectivity index (χ1v) is 9.71. The van der Waals surface area contributed by atoms with E-state index in [-0.39, 0.29) is 30.0 Å². The van der Waals surface area contributed by atoms with Crippen LogP contribution in [0.4, 0.5) is 0 Å². The van der Waals surface area contributed by atoms with Crippen molar-refractivity contribution < 1.29 is 28.6 Å². The van der Waals surface area contributed by atoms with Crippen molar-refractivity contribution in [2.75, 3.05) is 33.4 Å². The summed E-state index contributed by atoms with van der Waals surface area (Å²) in [6.07, 6.45) is 1.11. The molecule has 0 radical (unpaired) electrons. The number of carbonyl (C=O) groups is 3. The Balaban J connectivity index is 1.58. The molecule has 1 aliphatic rings. The Bertz CT molecular complexity index is 901. The van der Waals surface area contributed by atoms with Crippen LogP contribution in [0.1, 0.15) is 30.1 Å². The minimum atomic E-state index is -0.609. The summed E-state index contributed by atoms with van der Waals surface area (Å²) in [5.41, 5.74) is 0.278. The molecule has 1 saturated heterocycles. The Morgan fingerprint density at radius 1 is 1.03 bits per heavy atom. The number of carbonyl (C=O) groups excluding carboxylic acids is 3. The van der Waals surface area contributed by atoms with Gasteiger partial charge in [0.2, 0.25) is 0 Å². The molecule has 7 nitrogen and oxygen atoms in total.